The van der Waals surface area contributed by atoms with Crippen LogP contribution in [0.1, 0.15) is 31.2 Å². The highest BCUT2D eigenvalue weighted by Crippen LogP contribution is 2.42. The fourth-order valence-corrected chi connectivity index (χ4v) is 4.13. The molecule has 2 fully saturated rings. The number of nitrogens with zero attached hydrogens (tertiary/aromatic N) is 2. The number of benzene rings is 1. The lowest BCUT2D eigenvalue weighted by Gasteiger charge is -2.48. The van der Waals surface area contributed by atoms with Gasteiger partial charge in [0.2, 0.25) is 0 Å². The highest BCUT2D eigenvalue weighted by Gasteiger charge is 2.40. The molecule has 1 aliphatic carbocycles. The lowest BCUT2D eigenvalue weighted by atomic mass is 9.73. The zero-order valence-electron chi connectivity index (χ0n) is 14.2. The second kappa shape index (κ2) is 9.24. The molecule has 23 heavy (non-hydrogen) atoms. The van der Waals surface area contributed by atoms with E-state index in [0.29, 0.717) is 0 Å². The van der Waals surface area contributed by atoms with Crippen molar-refractivity contribution in [3.8, 4) is 0 Å². The van der Waals surface area contributed by atoms with Crippen molar-refractivity contribution in [3.63, 3.8) is 0 Å². The normalized spacial score (nSPS) is 28.7. The Morgan fingerprint density at radius 1 is 1.00 bits per heavy atom. The second-order valence-corrected chi connectivity index (χ2v) is 6.67. The number of morpholine rings is 1. The molecule has 0 aromatic heterocycles. The third-order valence-electron chi connectivity index (χ3n) is 5.51. The molecule has 1 aromatic rings. The quantitative estimate of drug-likeness (QED) is 0.819. The van der Waals surface area contributed by atoms with Crippen LogP contribution in [-0.2, 0) is 10.3 Å². The van der Waals surface area contributed by atoms with Crippen LogP contribution >= 0.6 is 24.8 Å². The fourth-order valence-electron chi connectivity index (χ4n) is 4.13. The summed E-state index contributed by atoms with van der Waals surface area (Å²) >= 11 is 0. The Morgan fingerprint density at radius 2 is 1.57 bits per heavy atom. The molecule has 132 valence electrons. The molecule has 0 unspecified atom stereocenters. The molecular weight excluding hydrogens is 331 g/mol. The molecule has 1 aromatic carbocycles. The van der Waals surface area contributed by atoms with Gasteiger partial charge in [-0.05, 0) is 45.3 Å². The van der Waals surface area contributed by atoms with E-state index in [4.69, 9.17) is 4.74 Å². The number of hydrogen-bond acceptors (Lipinski definition) is 3. The molecule has 3 rings (SSSR count). The van der Waals surface area contributed by atoms with Crippen molar-refractivity contribution in [2.24, 2.45) is 0 Å². The van der Waals surface area contributed by atoms with Gasteiger partial charge in [0.15, 0.2) is 0 Å². The number of halogens is 2. The zero-order chi connectivity index (χ0) is 14.7. The van der Waals surface area contributed by atoms with E-state index in [0.717, 1.165) is 32.3 Å². The van der Waals surface area contributed by atoms with Crippen molar-refractivity contribution in [1.82, 2.24) is 9.80 Å². The Labute approximate surface area is 153 Å². The van der Waals surface area contributed by atoms with Gasteiger partial charge in [0.05, 0.1) is 13.2 Å². The van der Waals surface area contributed by atoms with Crippen LogP contribution in [-0.4, -0.2) is 56.2 Å². The predicted molar refractivity (Wildman–Crippen MR) is 101 cm³/mol. The Balaban J connectivity index is 0.00000132. The zero-order valence-corrected chi connectivity index (χ0v) is 15.9. The van der Waals surface area contributed by atoms with Crippen molar-refractivity contribution in [1.29, 1.82) is 0 Å². The van der Waals surface area contributed by atoms with E-state index >= 15 is 0 Å². The summed E-state index contributed by atoms with van der Waals surface area (Å²) < 4.78 is 5.49. The Kier molecular flexibility index (Phi) is 8.32. The molecule has 0 amide bonds. The van der Waals surface area contributed by atoms with Crippen molar-refractivity contribution < 1.29 is 4.74 Å². The van der Waals surface area contributed by atoms with Crippen LogP contribution in [0.25, 0.3) is 0 Å². The molecule has 3 nitrogen and oxygen atoms in total. The molecule has 5 heteroatoms. The minimum absolute atomic E-state index is 0. The first kappa shape index (κ1) is 20.7. The highest BCUT2D eigenvalue weighted by molar-refractivity contribution is 5.85. The minimum atomic E-state index is 0. The van der Waals surface area contributed by atoms with Crippen LogP contribution in [0.3, 0.4) is 0 Å². The van der Waals surface area contributed by atoms with Crippen LogP contribution in [0.5, 0.6) is 0 Å². The molecule has 0 spiro atoms. The first-order chi connectivity index (χ1) is 10.2. The second-order valence-electron chi connectivity index (χ2n) is 6.67. The van der Waals surface area contributed by atoms with Gasteiger partial charge < -0.3 is 4.74 Å². The van der Waals surface area contributed by atoms with Crippen molar-refractivity contribution in [2.45, 2.75) is 37.3 Å². The van der Waals surface area contributed by atoms with Gasteiger partial charge >= 0.3 is 0 Å². The standard InChI is InChI=1S/C18H28N2O.2ClH/c1-19(2)18(16-6-4-3-5-7-16)10-8-17(9-11-18)20-12-14-21-15-13-20;;/h3-7,17H,8-15H2,1-2H3;2*1H. The maximum atomic E-state index is 5.49. The molecule has 2 aliphatic rings. The van der Waals surface area contributed by atoms with E-state index in [9.17, 15) is 0 Å². The number of hydrogen-bond donors (Lipinski definition) is 0. The van der Waals surface area contributed by atoms with Gasteiger partial charge in [0, 0.05) is 24.7 Å². The summed E-state index contributed by atoms with van der Waals surface area (Å²) in [6.07, 6.45) is 5.11. The maximum absolute atomic E-state index is 5.49. The minimum Gasteiger partial charge on any atom is -0.379 e. The molecule has 1 saturated heterocycles. The Morgan fingerprint density at radius 3 is 2.09 bits per heavy atom. The lowest BCUT2D eigenvalue weighted by molar-refractivity contribution is -0.0112. The predicted octanol–water partition coefficient (Wildman–Crippen LogP) is 3.56. The Hall–Kier alpha value is -0.320. The van der Waals surface area contributed by atoms with E-state index in [1.807, 2.05) is 0 Å². The summed E-state index contributed by atoms with van der Waals surface area (Å²) in [7, 11) is 4.48. The number of rotatable bonds is 3. The summed E-state index contributed by atoms with van der Waals surface area (Å²) in [5, 5.41) is 0. The maximum Gasteiger partial charge on any atom is 0.0594 e. The molecule has 0 atom stereocenters. The fraction of sp³-hybridized carbons (Fsp3) is 0.667. The Bertz CT molecular complexity index is 442. The monoisotopic (exact) mass is 360 g/mol. The molecule has 1 saturated carbocycles. The molecule has 0 N–H and O–H groups in total. The van der Waals surface area contributed by atoms with E-state index in [1.165, 1.54) is 31.2 Å². The van der Waals surface area contributed by atoms with Crippen LogP contribution in [0.4, 0.5) is 0 Å². The van der Waals surface area contributed by atoms with E-state index in [2.05, 4.69) is 54.2 Å². The van der Waals surface area contributed by atoms with Crippen LogP contribution in [0.15, 0.2) is 30.3 Å². The lowest BCUT2D eigenvalue weighted by Crippen LogP contribution is -2.51. The van der Waals surface area contributed by atoms with Gasteiger partial charge in [0.1, 0.15) is 0 Å². The van der Waals surface area contributed by atoms with E-state index < -0.39 is 0 Å². The molecule has 0 bridgehead atoms. The first-order valence-electron chi connectivity index (χ1n) is 8.27. The SMILES string of the molecule is CN(C)C1(c2ccccc2)CCC(N2CCOCC2)CC1.Cl.Cl. The third kappa shape index (κ3) is 4.40. The average molecular weight is 361 g/mol. The van der Waals surface area contributed by atoms with Crippen molar-refractivity contribution in [2.75, 3.05) is 40.4 Å². The summed E-state index contributed by atoms with van der Waals surface area (Å²) in [5.41, 5.74) is 1.71. The molecule has 0 radical (unpaired) electrons. The van der Waals surface area contributed by atoms with Crippen LogP contribution in [0.2, 0.25) is 0 Å². The molecular formula is C18H30Cl2N2O. The van der Waals surface area contributed by atoms with Gasteiger partial charge in [-0.3, -0.25) is 9.80 Å². The summed E-state index contributed by atoms with van der Waals surface area (Å²) in [6.45, 7) is 4.05. The first-order valence-corrected chi connectivity index (χ1v) is 8.27. The van der Waals surface area contributed by atoms with Gasteiger partial charge in [-0.25, -0.2) is 0 Å². The van der Waals surface area contributed by atoms with Crippen molar-refractivity contribution >= 4 is 24.8 Å². The largest absolute Gasteiger partial charge is 0.379 e. The molecule has 1 heterocycles. The van der Waals surface area contributed by atoms with Crippen LogP contribution < -0.4 is 0 Å². The topological polar surface area (TPSA) is 15.7 Å². The number of ether oxygens (including phenoxy) is 1. The summed E-state index contributed by atoms with van der Waals surface area (Å²) in [6, 6.07) is 11.8. The average Bonchev–Trinajstić information content (AvgIpc) is 2.56. The molecule has 1 aliphatic heterocycles. The van der Waals surface area contributed by atoms with Gasteiger partial charge in [-0.1, -0.05) is 30.3 Å². The van der Waals surface area contributed by atoms with Crippen LogP contribution in [0, 0.1) is 0 Å². The highest BCUT2D eigenvalue weighted by atomic mass is 35.5. The van der Waals surface area contributed by atoms with Gasteiger partial charge in [-0.15, -0.1) is 24.8 Å². The van der Waals surface area contributed by atoms with Gasteiger partial charge in [0.25, 0.3) is 0 Å². The summed E-state index contributed by atoms with van der Waals surface area (Å²) in [5.74, 6) is 0. The third-order valence-corrected chi connectivity index (χ3v) is 5.51. The van der Waals surface area contributed by atoms with Crippen molar-refractivity contribution in [3.05, 3.63) is 35.9 Å². The van der Waals surface area contributed by atoms with E-state index in [1.54, 1.807) is 0 Å². The van der Waals surface area contributed by atoms with E-state index in [-0.39, 0.29) is 30.4 Å². The van der Waals surface area contributed by atoms with Gasteiger partial charge in [-0.2, -0.15) is 0 Å². The smallest absolute Gasteiger partial charge is 0.0594 e. The summed E-state index contributed by atoms with van der Waals surface area (Å²) in [4.78, 5) is 5.09.